The van der Waals surface area contributed by atoms with Crippen LogP contribution in [-0.2, 0) is 23.8 Å². The standard InChI is InChI=1S/C18H22N2O8S/c1-4-8-25-17(21)16-11-14(27-19-16)7-6-13-10-15(28-29(3,23)24)12-20(13)18(22)26-9-5-2/h4-7,11,13,15H,1-2,8-10,12H2,3H3/t13-,15-/m1/s1. The van der Waals surface area contributed by atoms with Gasteiger partial charge >= 0.3 is 12.1 Å². The van der Waals surface area contributed by atoms with Crippen molar-refractivity contribution in [3.8, 4) is 0 Å². The summed E-state index contributed by atoms with van der Waals surface area (Å²) in [5, 5.41) is 3.62. The Hall–Kier alpha value is -2.92. The van der Waals surface area contributed by atoms with Crippen molar-refractivity contribution in [2.75, 3.05) is 26.0 Å². The topological polar surface area (TPSA) is 125 Å². The zero-order chi connectivity index (χ0) is 21.4. The van der Waals surface area contributed by atoms with Gasteiger partial charge in [-0.1, -0.05) is 36.5 Å². The molecule has 11 heteroatoms. The molecule has 1 aliphatic rings. The van der Waals surface area contributed by atoms with Crippen molar-refractivity contribution in [3.05, 3.63) is 48.9 Å². The van der Waals surface area contributed by atoms with Crippen molar-refractivity contribution < 1.29 is 36.2 Å². The Balaban J connectivity index is 2.10. The highest BCUT2D eigenvalue weighted by molar-refractivity contribution is 7.86. The summed E-state index contributed by atoms with van der Waals surface area (Å²) < 4.78 is 42.8. The molecule has 2 heterocycles. The minimum atomic E-state index is -3.68. The van der Waals surface area contributed by atoms with Crippen LogP contribution in [0.25, 0.3) is 6.08 Å². The average molecular weight is 426 g/mol. The van der Waals surface area contributed by atoms with E-state index in [0.717, 1.165) is 6.26 Å². The summed E-state index contributed by atoms with van der Waals surface area (Å²) in [5.74, 6) is -0.409. The average Bonchev–Trinajstić information content (AvgIpc) is 3.28. The van der Waals surface area contributed by atoms with Crippen molar-refractivity contribution >= 4 is 28.3 Å². The Morgan fingerprint density at radius 1 is 1.31 bits per heavy atom. The molecule has 0 aliphatic carbocycles. The molecular weight excluding hydrogens is 404 g/mol. The number of hydrogen-bond acceptors (Lipinski definition) is 9. The van der Waals surface area contributed by atoms with Gasteiger partial charge in [-0.25, -0.2) is 9.59 Å². The van der Waals surface area contributed by atoms with E-state index in [1.54, 1.807) is 6.08 Å². The van der Waals surface area contributed by atoms with Crippen molar-refractivity contribution in [2.45, 2.75) is 18.6 Å². The molecule has 158 valence electrons. The van der Waals surface area contributed by atoms with Gasteiger partial charge < -0.3 is 14.0 Å². The lowest BCUT2D eigenvalue weighted by Gasteiger charge is -2.20. The lowest BCUT2D eigenvalue weighted by atomic mass is 10.2. The van der Waals surface area contributed by atoms with Crippen molar-refractivity contribution in [2.24, 2.45) is 0 Å². The Bertz CT molecular complexity index is 889. The van der Waals surface area contributed by atoms with E-state index in [4.69, 9.17) is 18.2 Å². The van der Waals surface area contributed by atoms with E-state index in [-0.39, 0.29) is 37.6 Å². The Labute approximate surface area is 168 Å². The number of amides is 1. The number of carbonyl (C=O) groups is 2. The van der Waals surface area contributed by atoms with Crippen LogP contribution in [-0.4, -0.2) is 68.7 Å². The van der Waals surface area contributed by atoms with E-state index in [1.807, 2.05) is 0 Å². The molecular formula is C18H22N2O8S. The lowest BCUT2D eigenvalue weighted by Crippen LogP contribution is -2.35. The summed E-state index contributed by atoms with van der Waals surface area (Å²) in [4.78, 5) is 25.3. The zero-order valence-corrected chi connectivity index (χ0v) is 16.7. The van der Waals surface area contributed by atoms with E-state index in [2.05, 4.69) is 18.3 Å². The fraction of sp³-hybridized carbons (Fsp3) is 0.389. The molecule has 0 saturated carbocycles. The van der Waals surface area contributed by atoms with Crippen LogP contribution in [0, 0.1) is 0 Å². The van der Waals surface area contributed by atoms with Crippen LogP contribution in [0.15, 0.2) is 42.0 Å². The molecule has 0 N–H and O–H groups in total. The van der Waals surface area contributed by atoms with Crippen LogP contribution in [0.4, 0.5) is 4.79 Å². The molecule has 1 saturated heterocycles. The quantitative estimate of drug-likeness (QED) is 0.330. The fourth-order valence-corrected chi connectivity index (χ4v) is 3.26. The molecule has 0 spiro atoms. The number of hydrogen-bond donors (Lipinski definition) is 0. The first-order chi connectivity index (χ1) is 13.7. The minimum absolute atomic E-state index is 0.0153. The highest BCUT2D eigenvalue weighted by atomic mass is 32.2. The summed E-state index contributed by atoms with van der Waals surface area (Å²) in [7, 11) is -3.68. The largest absolute Gasteiger partial charge is 0.457 e. The Morgan fingerprint density at radius 2 is 2.00 bits per heavy atom. The Kier molecular flexibility index (Phi) is 7.74. The SMILES string of the molecule is C=CCOC(=O)c1cc(C=C[C@@H]2C[C@@H](OS(C)(=O)=O)CN2C(=O)OCC=C)on1. The summed E-state index contributed by atoms with van der Waals surface area (Å²) >= 11 is 0. The van der Waals surface area contributed by atoms with Gasteiger partial charge in [0, 0.05) is 12.5 Å². The van der Waals surface area contributed by atoms with Gasteiger partial charge in [-0.15, -0.1) is 0 Å². The number of nitrogens with zero attached hydrogens (tertiary/aromatic N) is 2. The van der Waals surface area contributed by atoms with Crippen LogP contribution in [0.1, 0.15) is 22.7 Å². The van der Waals surface area contributed by atoms with E-state index in [9.17, 15) is 18.0 Å². The maximum absolute atomic E-state index is 12.2. The molecule has 1 amide bonds. The second-order valence-corrected chi connectivity index (χ2v) is 7.70. The third kappa shape index (κ3) is 6.88. The van der Waals surface area contributed by atoms with Crippen LogP contribution in [0.2, 0.25) is 0 Å². The van der Waals surface area contributed by atoms with Gasteiger partial charge in [-0.2, -0.15) is 8.42 Å². The fourth-order valence-electron chi connectivity index (χ4n) is 2.63. The monoisotopic (exact) mass is 426 g/mol. The maximum Gasteiger partial charge on any atom is 0.410 e. The molecule has 1 aromatic heterocycles. The van der Waals surface area contributed by atoms with Gasteiger partial charge in [0.25, 0.3) is 10.1 Å². The normalized spacial score (nSPS) is 19.3. The first-order valence-corrected chi connectivity index (χ1v) is 10.4. The molecule has 10 nitrogen and oxygen atoms in total. The molecule has 29 heavy (non-hydrogen) atoms. The lowest BCUT2D eigenvalue weighted by molar-refractivity contribution is 0.0538. The highest BCUT2D eigenvalue weighted by Crippen LogP contribution is 2.24. The van der Waals surface area contributed by atoms with Gasteiger partial charge in [0.1, 0.15) is 13.2 Å². The zero-order valence-electron chi connectivity index (χ0n) is 15.9. The third-order valence-corrected chi connectivity index (χ3v) is 4.35. The van der Waals surface area contributed by atoms with Crippen LogP contribution in [0.3, 0.4) is 0 Å². The van der Waals surface area contributed by atoms with Gasteiger partial charge in [0.05, 0.1) is 24.9 Å². The minimum Gasteiger partial charge on any atom is -0.457 e. The molecule has 2 rings (SSSR count). The van der Waals surface area contributed by atoms with E-state index in [0.29, 0.717) is 0 Å². The number of rotatable bonds is 9. The van der Waals surface area contributed by atoms with E-state index < -0.39 is 34.3 Å². The maximum atomic E-state index is 12.2. The summed E-state index contributed by atoms with van der Waals surface area (Å²) in [6.45, 7) is 7.02. The van der Waals surface area contributed by atoms with Crippen LogP contribution >= 0.6 is 0 Å². The summed E-state index contributed by atoms with van der Waals surface area (Å²) in [6.07, 6.45) is 5.80. The number of ether oxygens (including phenoxy) is 2. The van der Waals surface area contributed by atoms with Crippen molar-refractivity contribution in [3.63, 3.8) is 0 Å². The van der Waals surface area contributed by atoms with Crippen molar-refractivity contribution in [1.29, 1.82) is 0 Å². The first kappa shape index (κ1) is 22.4. The second-order valence-electron chi connectivity index (χ2n) is 6.10. The van der Waals surface area contributed by atoms with Crippen molar-refractivity contribution in [1.82, 2.24) is 10.1 Å². The number of esters is 1. The van der Waals surface area contributed by atoms with Gasteiger partial charge in [0.15, 0.2) is 11.5 Å². The summed E-state index contributed by atoms with van der Waals surface area (Å²) in [5.41, 5.74) is -0.0153. The number of likely N-dealkylation sites (tertiary alicyclic amines) is 1. The van der Waals surface area contributed by atoms with E-state index >= 15 is 0 Å². The molecule has 1 fully saturated rings. The predicted octanol–water partition coefficient (Wildman–Crippen LogP) is 1.77. The molecule has 0 bridgehead atoms. The molecule has 0 unspecified atom stereocenters. The van der Waals surface area contributed by atoms with Crippen LogP contribution < -0.4 is 0 Å². The smallest absolute Gasteiger partial charge is 0.410 e. The molecule has 2 atom stereocenters. The first-order valence-electron chi connectivity index (χ1n) is 8.59. The number of carbonyl (C=O) groups excluding carboxylic acids is 2. The predicted molar refractivity (Wildman–Crippen MR) is 102 cm³/mol. The molecule has 1 aromatic rings. The summed E-state index contributed by atoms with van der Waals surface area (Å²) in [6, 6.07) is 0.863. The highest BCUT2D eigenvalue weighted by Gasteiger charge is 2.37. The van der Waals surface area contributed by atoms with Gasteiger partial charge in [-0.05, 0) is 6.08 Å². The Morgan fingerprint density at radius 3 is 2.66 bits per heavy atom. The molecule has 0 aromatic carbocycles. The number of aromatic nitrogens is 1. The van der Waals surface area contributed by atoms with E-state index in [1.165, 1.54) is 29.2 Å². The van der Waals surface area contributed by atoms with Gasteiger partial charge in [-0.3, -0.25) is 9.08 Å². The van der Waals surface area contributed by atoms with Crippen LogP contribution in [0.5, 0.6) is 0 Å². The molecule has 1 aliphatic heterocycles. The van der Waals surface area contributed by atoms with Gasteiger partial charge in [0.2, 0.25) is 0 Å². The second kappa shape index (κ2) is 10.0. The molecule has 0 radical (unpaired) electrons. The third-order valence-electron chi connectivity index (χ3n) is 3.73.